The fraction of sp³-hybridized carbons (Fsp3) is 0.208. The standard InChI is InChI=1S/C15H14O3S.C9H12/c16-14(17)11-19(18)15(12-7-3-1-4-8-12)13-9-5-2-6-10-13;1-8(2)9-6-4-3-5-7-9/h1-10,15H,11H2,(H,16,17);3-8H,1-2H3. The molecule has 3 aromatic carbocycles. The SMILES string of the molecule is CC(C)c1ccccc1.O=C(O)CS(=O)C(c1ccccc1)c1ccccc1. The van der Waals surface area contributed by atoms with Crippen LogP contribution in [0.3, 0.4) is 0 Å². The van der Waals surface area contributed by atoms with Crippen LogP contribution >= 0.6 is 0 Å². The van der Waals surface area contributed by atoms with Crippen LogP contribution in [0.1, 0.15) is 41.7 Å². The van der Waals surface area contributed by atoms with E-state index in [0.29, 0.717) is 5.92 Å². The van der Waals surface area contributed by atoms with E-state index in [4.69, 9.17) is 5.11 Å². The molecular formula is C24H26O3S. The molecule has 4 heteroatoms. The number of aliphatic carboxylic acids is 1. The van der Waals surface area contributed by atoms with Gasteiger partial charge in [0, 0.05) is 10.8 Å². The van der Waals surface area contributed by atoms with Crippen LogP contribution in [-0.4, -0.2) is 21.0 Å². The van der Waals surface area contributed by atoms with Gasteiger partial charge in [-0.3, -0.25) is 9.00 Å². The van der Waals surface area contributed by atoms with Crippen molar-refractivity contribution < 1.29 is 14.1 Å². The van der Waals surface area contributed by atoms with Crippen molar-refractivity contribution in [3.63, 3.8) is 0 Å². The lowest BCUT2D eigenvalue weighted by Gasteiger charge is -2.16. The van der Waals surface area contributed by atoms with Crippen molar-refractivity contribution in [3.05, 3.63) is 108 Å². The number of carboxylic acids is 1. The van der Waals surface area contributed by atoms with Gasteiger partial charge in [-0.2, -0.15) is 0 Å². The van der Waals surface area contributed by atoms with E-state index in [2.05, 4.69) is 38.1 Å². The van der Waals surface area contributed by atoms with Gasteiger partial charge >= 0.3 is 5.97 Å². The predicted molar refractivity (Wildman–Crippen MR) is 116 cm³/mol. The Bertz CT molecular complexity index is 823. The summed E-state index contributed by atoms with van der Waals surface area (Å²) in [5.74, 6) is -0.740. The van der Waals surface area contributed by atoms with Crippen molar-refractivity contribution in [3.8, 4) is 0 Å². The molecule has 0 spiro atoms. The Morgan fingerprint density at radius 2 is 1.11 bits per heavy atom. The molecule has 1 N–H and O–H groups in total. The quantitative estimate of drug-likeness (QED) is 0.607. The molecular weight excluding hydrogens is 368 g/mol. The zero-order chi connectivity index (χ0) is 20.4. The summed E-state index contributed by atoms with van der Waals surface area (Å²) in [5.41, 5.74) is 3.15. The molecule has 0 saturated carbocycles. The predicted octanol–water partition coefficient (Wildman–Crippen LogP) is 5.42. The maximum absolute atomic E-state index is 12.3. The Labute approximate surface area is 169 Å². The first-order valence-electron chi connectivity index (χ1n) is 9.23. The van der Waals surface area contributed by atoms with Crippen molar-refractivity contribution in [2.24, 2.45) is 0 Å². The van der Waals surface area contributed by atoms with Gasteiger partial charge in [0.05, 0.1) is 5.25 Å². The van der Waals surface area contributed by atoms with E-state index < -0.39 is 22.0 Å². The van der Waals surface area contributed by atoms with Crippen LogP contribution in [0.25, 0.3) is 0 Å². The van der Waals surface area contributed by atoms with Crippen molar-refractivity contribution in [1.82, 2.24) is 0 Å². The van der Waals surface area contributed by atoms with Crippen molar-refractivity contribution in [2.45, 2.75) is 25.0 Å². The minimum Gasteiger partial charge on any atom is -0.481 e. The Balaban J connectivity index is 0.000000261. The molecule has 3 nitrogen and oxygen atoms in total. The second-order valence-corrected chi connectivity index (χ2v) is 8.21. The first-order valence-corrected chi connectivity index (χ1v) is 10.6. The summed E-state index contributed by atoms with van der Waals surface area (Å²) >= 11 is 0. The van der Waals surface area contributed by atoms with Gasteiger partial charge in [-0.15, -0.1) is 0 Å². The lowest BCUT2D eigenvalue weighted by Crippen LogP contribution is -2.17. The highest BCUT2D eigenvalue weighted by atomic mass is 32.2. The first kappa shape index (κ1) is 21.6. The number of hydrogen-bond donors (Lipinski definition) is 1. The van der Waals surface area contributed by atoms with E-state index in [9.17, 15) is 9.00 Å². The third-order valence-corrected chi connectivity index (χ3v) is 5.80. The van der Waals surface area contributed by atoms with Crippen LogP contribution < -0.4 is 0 Å². The molecule has 0 bridgehead atoms. The summed E-state index contributed by atoms with van der Waals surface area (Å²) in [6, 6.07) is 29.2. The Kier molecular flexibility index (Phi) is 8.63. The van der Waals surface area contributed by atoms with E-state index in [1.165, 1.54) is 5.56 Å². The summed E-state index contributed by atoms with van der Waals surface area (Å²) in [6.07, 6.45) is 0. The first-order chi connectivity index (χ1) is 13.5. The van der Waals surface area contributed by atoms with Crippen molar-refractivity contribution >= 4 is 16.8 Å². The topological polar surface area (TPSA) is 54.4 Å². The molecule has 0 fully saturated rings. The number of rotatable bonds is 6. The molecule has 146 valence electrons. The van der Waals surface area contributed by atoms with Crippen LogP contribution in [-0.2, 0) is 15.6 Å². The molecule has 0 heterocycles. The summed E-state index contributed by atoms with van der Waals surface area (Å²) in [6.45, 7) is 4.41. The maximum atomic E-state index is 12.3. The van der Waals surface area contributed by atoms with E-state index in [1.807, 2.05) is 66.7 Å². The van der Waals surface area contributed by atoms with Gasteiger partial charge in [0.15, 0.2) is 0 Å². The Morgan fingerprint density at radius 3 is 1.39 bits per heavy atom. The minimum absolute atomic E-state index is 0.353. The molecule has 0 amide bonds. The van der Waals surface area contributed by atoms with Gasteiger partial charge in [0.25, 0.3) is 0 Å². The van der Waals surface area contributed by atoms with E-state index in [1.54, 1.807) is 0 Å². The molecule has 28 heavy (non-hydrogen) atoms. The number of carbonyl (C=O) groups is 1. The number of benzene rings is 3. The third kappa shape index (κ3) is 6.78. The van der Waals surface area contributed by atoms with Gasteiger partial charge in [-0.05, 0) is 22.6 Å². The van der Waals surface area contributed by atoms with Gasteiger partial charge in [0.2, 0.25) is 0 Å². The fourth-order valence-electron chi connectivity index (χ4n) is 2.79. The van der Waals surface area contributed by atoms with Crippen LogP contribution in [0.5, 0.6) is 0 Å². The average Bonchev–Trinajstić information content (AvgIpc) is 2.70. The van der Waals surface area contributed by atoms with Gasteiger partial charge < -0.3 is 5.11 Å². The second-order valence-electron chi connectivity index (χ2n) is 6.69. The Morgan fingerprint density at radius 1 is 0.750 bits per heavy atom. The highest BCUT2D eigenvalue weighted by molar-refractivity contribution is 7.86. The molecule has 0 radical (unpaired) electrons. The lowest BCUT2D eigenvalue weighted by atomic mass is 10.0. The molecule has 1 unspecified atom stereocenters. The smallest absolute Gasteiger partial charge is 0.316 e. The molecule has 3 rings (SSSR count). The van der Waals surface area contributed by atoms with Crippen molar-refractivity contribution in [1.29, 1.82) is 0 Å². The number of hydrogen-bond acceptors (Lipinski definition) is 2. The van der Waals surface area contributed by atoms with Crippen LogP contribution in [0.15, 0.2) is 91.0 Å². The third-order valence-electron chi connectivity index (χ3n) is 4.20. The molecule has 0 aliphatic carbocycles. The normalized spacial score (nSPS) is 11.6. The highest BCUT2D eigenvalue weighted by Crippen LogP contribution is 2.28. The monoisotopic (exact) mass is 394 g/mol. The van der Waals surface area contributed by atoms with E-state index >= 15 is 0 Å². The number of carboxylic acid groups (broad SMARTS) is 1. The summed E-state index contributed by atoms with van der Waals surface area (Å²) in [5, 5.41) is 8.43. The molecule has 3 aromatic rings. The summed E-state index contributed by atoms with van der Waals surface area (Å²) in [4.78, 5) is 10.8. The zero-order valence-electron chi connectivity index (χ0n) is 16.2. The molecule has 0 aromatic heterocycles. The molecule has 0 aliphatic heterocycles. The summed E-state index contributed by atoms with van der Waals surface area (Å²) in [7, 11) is -1.49. The van der Waals surface area contributed by atoms with Gasteiger partial charge in [0.1, 0.15) is 5.75 Å². The largest absolute Gasteiger partial charge is 0.481 e. The van der Waals surface area contributed by atoms with Crippen LogP contribution in [0.4, 0.5) is 0 Å². The summed E-state index contributed by atoms with van der Waals surface area (Å²) < 4.78 is 12.3. The second kappa shape index (κ2) is 11.2. The van der Waals surface area contributed by atoms with Crippen molar-refractivity contribution in [2.75, 3.05) is 5.75 Å². The maximum Gasteiger partial charge on any atom is 0.316 e. The molecule has 0 saturated heterocycles. The fourth-order valence-corrected chi connectivity index (χ4v) is 4.13. The molecule has 0 aliphatic rings. The zero-order valence-corrected chi connectivity index (χ0v) is 17.0. The van der Waals surface area contributed by atoms with E-state index in [-0.39, 0.29) is 5.75 Å². The van der Waals surface area contributed by atoms with Gasteiger partial charge in [-0.25, -0.2) is 0 Å². The average molecular weight is 395 g/mol. The van der Waals surface area contributed by atoms with Crippen LogP contribution in [0.2, 0.25) is 0 Å². The van der Waals surface area contributed by atoms with Crippen LogP contribution in [0, 0.1) is 0 Å². The van der Waals surface area contributed by atoms with E-state index in [0.717, 1.165) is 11.1 Å². The Hall–Kier alpha value is -2.72. The van der Waals surface area contributed by atoms with Gasteiger partial charge in [-0.1, -0.05) is 105 Å². The molecule has 1 atom stereocenters. The highest BCUT2D eigenvalue weighted by Gasteiger charge is 2.22. The lowest BCUT2D eigenvalue weighted by molar-refractivity contribution is -0.133. The minimum atomic E-state index is -1.49.